The van der Waals surface area contributed by atoms with Gasteiger partial charge in [0.2, 0.25) is 0 Å². The number of amides is 2. The van der Waals surface area contributed by atoms with E-state index in [0.717, 1.165) is 29.7 Å². The van der Waals surface area contributed by atoms with E-state index in [9.17, 15) is 9.18 Å². The first-order valence-electron chi connectivity index (χ1n) is 10.3. The topological polar surface area (TPSA) is 80.5 Å². The van der Waals surface area contributed by atoms with Crippen molar-refractivity contribution in [2.75, 3.05) is 18.4 Å². The molecule has 2 heterocycles. The Balaban J connectivity index is 1.37. The fraction of sp³-hybridized carbons (Fsp3) is 0.348. The molecule has 31 heavy (non-hydrogen) atoms. The number of ether oxygens (including phenoxy) is 1. The van der Waals surface area contributed by atoms with E-state index in [-0.39, 0.29) is 30.2 Å². The number of likely N-dealkylation sites (tertiary alicyclic amines) is 1. The largest absolute Gasteiger partial charge is 0.481 e. The summed E-state index contributed by atoms with van der Waals surface area (Å²) in [5.74, 6) is 0.477. The fourth-order valence-corrected chi connectivity index (χ4v) is 3.63. The Morgan fingerprint density at radius 2 is 2.13 bits per heavy atom. The van der Waals surface area contributed by atoms with E-state index in [4.69, 9.17) is 9.26 Å². The third kappa shape index (κ3) is 5.02. The Morgan fingerprint density at radius 1 is 1.29 bits per heavy atom. The van der Waals surface area contributed by atoms with Gasteiger partial charge in [0.05, 0.1) is 0 Å². The number of nitrogens with one attached hydrogen (secondary N) is 1. The number of halogens is 1. The second-order valence-corrected chi connectivity index (χ2v) is 7.80. The summed E-state index contributed by atoms with van der Waals surface area (Å²) >= 11 is 0. The van der Waals surface area contributed by atoms with Crippen LogP contribution in [0.2, 0.25) is 0 Å². The zero-order chi connectivity index (χ0) is 21.8. The summed E-state index contributed by atoms with van der Waals surface area (Å²) in [4.78, 5) is 19.0. The molecule has 7 nitrogen and oxygen atoms in total. The SMILES string of the molecule is Cc1ccc(C)c(NC(=O)N2CCCC(c3noc(COc4ccccc4F)n3)C2)c1. The van der Waals surface area contributed by atoms with Crippen molar-refractivity contribution in [3.05, 3.63) is 71.1 Å². The molecule has 0 spiro atoms. The van der Waals surface area contributed by atoms with E-state index in [0.29, 0.717) is 18.9 Å². The Morgan fingerprint density at radius 3 is 2.97 bits per heavy atom. The van der Waals surface area contributed by atoms with Crippen molar-refractivity contribution in [1.29, 1.82) is 0 Å². The van der Waals surface area contributed by atoms with E-state index in [2.05, 4.69) is 15.5 Å². The average molecular weight is 424 g/mol. The molecule has 1 atom stereocenters. The third-order valence-corrected chi connectivity index (χ3v) is 5.38. The van der Waals surface area contributed by atoms with Crippen molar-refractivity contribution in [2.24, 2.45) is 0 Å². The summed E-state index contributed by atoms with van der Waals surface area (Å²) in [7, 11) is 0. The number of piperidine rings is 1. The lowest BCUT2D eigenvalue weighted by Gasteiger charge is -2.31. The molecule has 0 bridgehead atoms. The maximum absolute atomic E-state index is 13.7. The molecule has 0 saturated carbocycles. The van der Waals surface area contributed by atoms with Gasteiger partial charge in [-0.05, 0) is 56.0 Å². The number of aromatic nitrogens is 2. The molecular formula is C23H25FN4O3. The second-order valence-electron chi connectivity index (χ2n) is 7.80. The quantitative estimate of drug-likeness (QED) is 0.635. The van der Waals surface area contributed by atoms with E-state index >= 15 is 0 Å². The number of nitrogens with zero attached hydrogens (tertiary/aromatic N) is 3. The Kier molecular flexibility index (Phi) is 6.16. The zero-order valence-electron chi connectivity index (χ0n) is 17.6. The van der Waals surface area contributed by atoms with Gasteiger partial charge >= 0.3 is 6.03 Å². The predicted molar refractivity (Wildman–Crippen MR) is 114 cm³/mol. The van der Waals surface area contributed by atoms with Crippen molar-refractivity contribution < 1.29 is 18.4 Å². The first-order valence-corrected chi connectivity index (χ1v) is 10.3. The molecule has 1 aliphatic heterocycles. The lowest BCUT2D eigenvalue weighted by atomic mass is 9.97. The first kappa shape index (κ1) is 20.8. The van der Waals surface area contributed by atoms with Gasteiger partial charge in [0.1, 0.15) is 0 Å². The maximum atomic E-state index is 13.7. The number of para-hydroxylation sites is 1. The first-order chi connectivity index (χ1) is 15.0. The number of hydrogen-bond acceptors (Lipinski definition) is 5. The van der Waals surface area contributed by atoms with Crippen LogP contribution in [0, 0.1) is 19.7 Å². The van der Waals surface area contributed by atoms with Crippen LogP contribution < -0.4 is 10.1 Å². The minimum Gasteiger partial charge on any atom is -0.481 e. The highest BCUT2D eigenvalue weighted by Crippen LogP contribution is 2.26. The van der Waals surface area contributed by atoms with Crippen LogP contribution in [0.25, 0.3) is 0 Å². The van der Waals surface area contributed by atoms with Crippen LogP contribution in [-0.4, -0.2) is 34.2 Å². The summed E-state index contributed by atoms with van der Waals surface area (Å²) in [6.45, 7) is 5.13. The van der Waals surface area contributed by atoms with Gasteiger partial charge in [0.25, 0.3) is 5.89 Å². The average Bonchev–Trinajstić information content (AvgIpc) is 3.25. The number of carbonyl (C=O) groups is 1. The van der Waals surface area contributed by atoms with Crippen LogP contribution in [0.4, 0.5) is 14.9 Å². The van der Waals surface area contributed by atoms with Gasteiger partial charge in [-0.15, -0.1) is 0 Å². The Bertz CT molecular complexity index is 1070. The molecule has 2 aromatic carbocycles. The summed E-state index contributed by atoms with van der Waals surface area (Å²) in [6.07, 6.45) is 1.71. The number of rotatable bonds is 5. The number of hydrogen-bond donors (Lipinski definition) is 1. The highest BCUT2D eigenvalue weighted by Gasteiger charge is 2.28. The number of anilines is 1. The summed E-state index contributed by atoms with van der Waals surface area (Å²) in [6, 6.07) is 12.0. The molecule has 1 aromatic heterocycles. The predicted octanol–water partition coefficient (Wildman–Crippen LogP) is 4.82. The molecule has 1 N–H and O–H groups in total. The van der Waals surface area contributed by atoms with Crippen molar-refractivity contribution in [1.82, 2.24) is 15.0 Å². The van der Waals surface area contributed by atoms with E-state index in [1.165, 1.54) is 6.07 Å². The van der Waals surface area contributed by atoms with Crippen LogP contribution in [0.3, 0.4) is 0 Å². The number of benzene rings is 2. The molecule has 1 aliphatic rings. The fourth-order valence-electron chi connectivity index (χ4n) is 3.63. The Labute approximate surface area is 180 Å². The lowest BCUT2D eigenvalue weighted by molar-refractivity contribution is 0.190. The third-order valence-electron chi connectivity index (χ3n) is 5.38. The van der Waals surface area contributed by atoms with Crippen LogP contribution in [-0.2, 0) is 6.61 Å². The highest BCUT2D eigenvalue weighted by molar-refractivity contribution is 5.90. The smallest absolute Gasteiger partial charge is 0.321 e. The van der Waals surface area contributed by atoms with Crippen molar-refractivity contribution in [3.8, 4) is 5.75 Å². The van der Waals surface area contributed by atoms with Gasteiger partial charge in [-0.2, -0.15) is 4.98 Å². The second kappa shape index (κ2) is 9.16. The molecule has 1 fully saturated rings. The summed E-state index contributed by atoms with van der Waals surface area (Å²) < 4.78 is 24.4. The van der Waals surface area contributed by atoms with Gasteiger partial charge in [-0.1, -0.05) is 29.4 Å². The number of carbonyl (C=O) groups excluding carboxylic acids is 1. The standard InChI is InChI=1S/C23H25FN4O3/c1-15-9-10-16(2)19(12-15)25-23(29)28-11-5-6-17(13-28)22-26-21(31-27-22)14-30-20-8-4-3-7-18(20)24/h3-4,7-10,12,17H,5-6,11,13-14H2,1-2H3,(H,25,29). The zero-order valence-corrected chi connectivity index (χ0v) is 17.6. The number of aryl methyl sites for hydroxylation is 2. The highest BCUT2D eigenvalue weighted by atomic mass is 19.1. The number of urea groups is 1. The minimum absolute atomic E-state index is 0.0164. The molecule has 162 valence electrons. The Hall–Kier alpha value is -3.42. The van der Waals surface area contributed by atoms with Crippen LogP contribution in [0.15, 0.2) is 47.0 Å². The summed E-state index contributed by atoms with van der Waals surface area (Å²) in [5, 5.41) is 7.07. The van der Waals surface area contributed by atoms with E-state index in [1.54, 1.807) is 23.1 Å². The van der Waals surface area contributed by atoms with Gasteiger partial charge in [0.15, 0.2) is 24.0 Å². The molecule has 1 unspecified atom stereocenters. The monoisotopic (exact) mass is 424 g/mol. The lowest BCUT2D eigenvalue weighted by Crippen LogP contribution is -2.42. The normalized spacial score (nSPS) is 16.2. The van der Waals surface area contributed by atoms with E-state index in [1.807, 2.05) is 32.0 Å². The van der Waals surface area contributed by atoms with E-state index < -0.39 is 5.82 Å². The van der Waals surface area contributed by atoms with Gasteiger partial charge in [-0.25, -0.2) is 9.18 Å². The van der Waals surface area contributed by atoms with Crippen molar-refractivity contribution in [2.45, 2.75) is 39.2 Å². The van der Waals surface area contributed by atoms with Crippen LogP contribution >= 0.6 is 0 Å². The minimum atomic E-state index is -0.444. The van der Waals surface area contributed by atoms with Gasteiger partial charge < -0.3 is 19.5 Å². The maximum Gasteiger partial charge on any atom is 0.321 e. The molecule has 3 aromatic rings. The van der Waals surface area contributed by atoms with Crippen LogP contribution in [0.1, 0.15) is 41.6 Å². The molecule has 1 saturated heterocycles. The summed E-state index contributed by atoms with van der Waals surface area (Å²) in [5.41, 5.74) is 2.93. The molecule has 8 heteroatoms. The van der Waals surface area contributed by atoms with Crippen molar-refractivity contribution in [3.63, 3.8) is 0 Å². The molecule has 0 radical (unpaired) electrons. The van der Waals surface area contributed by atoms with Crippen molar-refractivity contribution >= 4 is 11.7 Å². The van der Waals surface area contributed by atoms with Gasteiger partial charge in [-0.3, -0.25) is 0 Å². The molecular weight excluding hydrogens is 399 g/mol. The molecule has 2 amide bonds. The molecule has 4 rings (SSSR count). The van der Waals surface area contributed by atoms with Gasteiger partial charge in [0, 0.05) is 24.7 Å². The molecule has 0 aliphatic carbocycles. The van der Waals surface area contributed by atoms with Crippen LogP contribution in [0.5, 0.6) is 5.75 Å².